The van der Waals surface area contributed by atoms with Crippen molar-refractivity contribution in [1.29, 1.82) is 0 Å². The molecule has 0 fully saturated rings. The van der Waals surface area contributed by atoms with E-state index in [2.05, 4.69) is 10.3 Å². The van der Waals surface area contributed by atoms with Crippen LogP contribution in [0.25, 0.3) is 0 Å². The van der Waals surface area contributed by atoms with Gasteiger partial charge in [-0.1, -0.05) is 25.6 Å². The van der Waals surface area contributed by atoms with Crippen LogP contribution in [0.2, 0.25) is 0 Å². The minimum Gasteiger partial charge on any atom is -0.480 e. The predicted molar refractivity (Wildman–Crippen MR) is 81.1 cm³/mol. The lowest BCUT2D eigenvalue weighted by Crippen LogP contribution is -2.51. The number of aryl methyl sites for hydroxylation is 1. The largest absolute Gasteiger partial charge is 0.480 e. The summed E-state index contributed by atoms with van der Waals surface area (Å²) < 4.78 is 1.07. The molecule has 1 aromatic heterocycles. The highest BCUT2D eigenvalue weighted by molar-refractivity contribution is 8.00. The molecule has 19 heavy (non-hydrogen) atoms. The van der Waals surface area contributed by atoms with Crippen molar-refractivity contribution in [2.24, 2.45) is 0 Å². The summed E-state index contributed by atoms with van der Waals surface area (Å²) in [5, 5.41) is 14.6. The normalized spacial score (nSPS) is 14.3. The number of carboxylic acids is 1. The molecule has 0 amide bonds. The van der Waals surface area contributed by atoms with Crippen LogP contribution in [-0.4, -0.2) is 33.9 Å². The predicted octanol–water partition coefficient (Wildman–Crippen LogP) is 3.17. The van der Waals surface area contributed by atoms with Gasteiger partial charge < -0.3 is 10.4 Å². The third-order valence-corrected chi connectivity index (χ3v) is 5.32. The number of carbonyl (C=O) groups is 1. The van der Waals surface area contributed by atoms with E-state index in [0.29, 0.717) is 19.4 Å². The Morgan fingerprint density at radius 1 is 1.58 bits per heavy atom. The number of carboxylic acid groups (broad SMARTS) is 1. The SMILES string of the molecule is CCNC(CC)(CCCSc1nc(C)cs1)C(=O)O. The number of aliphatic carboxylic acids is 1. The molecule has 0 aliphatic rings. The van der Waals surface area contributed by atoms with Gasteiger partial charge in [-0.15, -0.1) is 11.3 Å². The molecule has 0 aliphatic heterocycles. The lowest BCUT2D eigenvalue weighted by Gasteiger charge is -2.29. The smallest absolute Gasteiger partial charge is 0.323 e. The zero-order valence-electron chi connectivity index (χ0n) is 11.7. The van der Waals surface area contributed by atoms with Gasteiger partial charge in [0.1, 0.15) is 9.88 Å². The Bertz CT molecular complexity index is 409. The number of hydrogen-bond donors (Lipinski definition) is 2. The van der Waals surface area contributed by atoms with Crippen molar-refractivity contribution in [2.75, 3.05) is 12.3 Å². The van der Waals surface area contributed by atoms with E-state index in [1.807, 2.05) is 26.2 Å². The molecule has 1 rings (SSSR count). The lowest BCUT2D eigenvalue weighted by atomic mass is 9.91. The number of aromatic nitrogens is 1. The molecule has 0 aliphatic carbocycles. The second kappa shape index (κ2) is 7.87. The van der Waals surface area contributed by atoms with Crippen LogP contribution >= 0.6 is 23.1 Å². The standard InChI is InChI=1S/C13H22N2O2S2/c1-4-13(11(16)17,14-5-2)7-6-8-18-12-15-10(3)9-19-12/h9,14H,4-8H2,1-3H3,(H,16,17). The van der Waals surface area contributed by atoms with E-state index < -0.39 is 11.5 Å². The Morgan fingerprint density at radius 2 is 2.32 bits per heavy atom. The van der Waals surface area contributed by atoms with Gasteiger partial charge in [0.2, 0.25) is 0 Å². The number of hydrogen-bond acceptors (Lipinski definition) is 5. The Balaban J connectivity index is 2.42. The van der Waals surface area contributed by atoms with Crippen molar-refractivity contribution in [1.82, 2.24) is 10.3 Å². The van der Waals surface area contributed by atoms with Crippen LogP contribution in [-0.2, 0) is 4.79 Å². The van der Waals surface area contributed by atoms with Crippen molar-refractivity contribution < 1.29 is 9.90 Å². The van der Waals surface area contributed by atoms with E-state index in [0.717, 1.165) is 22.2 Å². The summed E-state index contributed by atoms with van der Waals surface area (Å²) in [6, 6.07) is 0. The number of thiazole rings is 1. The fourth-order valence-corrected chi connectivity index (χ4v) is 3.85. The van der Waals surface area contributed by atoms with Crippen molar-refractivity contribution in [2.45, 2.75) is 49.9 Å². The number of nitrogens with zero attached hydrogens (tertiary/aromatic N) is 1. The molecule has 6 heteroatoms. The van der Waals surface area contributed by atoms with Gasteiger partial charge in [0, 0.05) is 16.8 Å². The Labute approximate surface area is 123 Å². The van der Waals surface area contributed by atoms with E-state index in [9.17, 15) is 9.90 Å². The van der Waals surface area contributed by atoms with Crippen molar-refractivity contribution in [3.8, 4) is 0 Å². The summed E-state index contributed by atoms with van der Waals surface area (Å²) >= 11 is 3.36. The van der Waals surface area contributed by atoms with Gasteiger partial charge in [-0.2, -0.15) is 0 Å². The van der Waals surface area contributed by atoms with Crippen molar-refractivity contribution in [3.05, 3.63) is 11.1 Å². The molecule has 4 nitrogen and oxygen atoms in total. The van der Waals surface area contributed by atoms with Gasteiger partial charge in [-0.3, -0.25) is 4.79 Å². The molecular formula is C13H22N2O2S2. The molecule has 1 atom stereocenters. The highest BCUT2D eigenvalue weighted by Gasteiger charge is 2.34. The van der Waals surface area contributed by atoms with Gasteiger partial charge in [0.15, 0.2) is 0 Å². The molecule has 108 valence electrons. The van der Waals surface area contributed by atoms with Gasteiger partial charge >= 0.3 is 5.97 Å². The van der Waals surface area contributed by atoms with E-state index in [1.54, 1.807) is 23.1 Å². The zero-order valence-corrected chi connectivity index (χ0v) is 13.4. The van der Waals surface area contributed by atoms with Gasteiger partial charge in [0.25, 0.3) is 0 Å². The summed E-state index contributed by atoms with van der Waals surface area (Å²) in [6.07, 6.45) is 2.14. The lowest BCUT2D eigenvalue weighted by molar-refractivity contribution is -0.145. The molecule has 1 aromatic rings. The minimum absolute atomic E-state index is 0.608. The van der Waals surface area contributed by atoms with Crippen LogP contribution in [0, 0.1) is 6.92 Å². The quantitative estimate of drug-likeness (QED) is 0.542. The van der Waals surface area contributed by atoms with Crippen molar-refractivity contribution in [3.63, 3.8) is 0 Å². The van der Waals surface area contributed by atoms with Crippen molar-refractivity contribution >= 4 is 29.1 Å². The molecular weight excluding hydrogens is 280 g/mol. The van der Waals surface area contributed by atoms with Crippen LogP contribution in [0.3, 0.4) is 0 Å². The van der Waals surface area contributed by atoms with Crippen LogP contribution in [0.4, 0.5) is 0 Å². The molecule has 0 spiro atoms. The summed E-state index contributed by atoms with van der Waals surface area (Å²) in [6.45, 7) is 6.53. The Hall–Kier alpha value is -0.590. The summed E-state index contributed by atoms with van der Waals surface area (Å²) in [5.74, 6) is 0.167. The topological polar surface area (TPSA) is 62.2 Å². The Morgan fingerprint density at radius 3 is 2.79 bits per heavy atom. The van der Waals surface area contributed by atoms with E-state index >= 15 is 0 Å². The molecule has 0 bridgehead atoms. The maximum absolute atomic E-state index is 11.4. The van der Waals surface area contributed by atoms with E-state index in [-0.39, 0.29) is 0 Å². The summed E-state index contributed by atoms with van der Waals surface area (Å²) in [5.41, 5.74) is 0.280. The molecule has 0 saturated heterocycles. The first kappa shape index (κ1) is 16.5. The summed E-state index contributed by atoms with van der Waals surface area (Å²) in [4.78, 5) is 15.8. The average molecular weight is 302 g/mol. The Kier molecular flexibility index (Phi) is 6.82. The third kappa shape index (κ3) is 4.78. The highest BCUT2D eigenvalue weighted by atomic mass is 32.2. The van der Waals surface area contributed by atoms with Crippen LogP contribution in [0.1, 0.15) is 38.8 Å². The van der Waals surface area contributed by atoms with Gasteiger partial charge in [-0.25, -0.2) is 4.98 Å². The molecule has 1 heterocycles. The average Bonchev–Trinajstić information content (AvgIpc) is 2.78. The molecule has 0 saturated carbocycles. The van der Waals surface area contributed by atoms with Crippen LogP contribution in [0.5, 0.6) is 0 Å². The van der Waals surface area contributed by atoms with E-state index in [4.69, 9.17) is 0 Å². The first-order chi connectivity index (χ1) is 9.04. The number of likely N-dealkylation sites (N-methyl/N-ethyl adjacent to an activating group) is 1. The van der Waals surface area contributed by atoms with Crippen LogP contribution in [0.15, 0.2) is 9.72 Å². The minimum atomic E-state index is -0.770. The zero-order chi connectivity index (χ0) is 14.3. The maximum Gasteiger partial charge on any atom is 0.323 e. The fourth-order valence-electron chi connectivity index (χ4n) is 1.99. The third-order valence-electron chi connectivity index (χ3n) is 3.10. The second-order valence-electron chi connectivity index (χ2n) is 4.48. The molecule has 2 N–H and O–H groups in total. The van der Waals surface area contributed by atoms with Gasteiger partial charge in [0.05, 0.1) is 0 Å². The van der Waals surface area contributed by atoms with E-state index in [1.165, 1.54) is 0 Å². The number of thioether (sulfide) groups is 1. The second-order valence-corrected chi connectivity index (χ2v) is 6.68. The van der Waals surface area contributed by atoms with Crippen LogP contribution < -0.4 is 5.32 Å². The first-order valence-corrected chi connectivity index (χ1v) is 8.44. The molecule has 0 aromatic carbocycles. The van der Waals surface area contributed by atoms with Gasteiger partial charge in [-0.05, 0) is 32.7 Å². The monoisotopic (exact) mass is 302 g/mol. The fraction of sp³-hybridized carbons (Fsp3) is 0.692. The molecule has 0 radical (unpaired) electrons. The number of nitrogens with one attached hydrogen (secondary N) is 1. The maximum atomic E-state index is 11.4. The summed E-state index contributed by atoms with van der Waals surface area (Å²) in [7, 11) is 0. The molecule has 1 unspecified atom stereocenters. The highest BCUT2D eigenvalue weighted by Crippen LogP contribution is 2.25. The number of rotatable bonds is 9. The first-order valence-electron chi connectivity index (χ1n) is 6.57.